The van der Waals surface area contributed by atoms with Crippen molar-refractivity contribution in [3.8, 4) is 11.3 Å². The molecule has 3 heterocycles. The Morgan fingerprint density at radius 3 is 2.55 bits per heavy atom. The fraction of sp³-hybridized carbons (Fsp3) is 0.182. The van der Waals surface area contributed by atoms with Crippen LogP contribution in [0, 0.1) is 0 Å². The van der Waals surface area contributed by atoms with Gasteiger partial charge in [0.25, 0.3) is 5.91 Å². The molecule has 0 bridgehead atoms. The van der Waals surface area contributed by atoms with Crippen LogP contribution in [-0.4, -0.2) is 51.9 Å². The van der Waals surface area contributed by atoms with Gasteiger partial charge in [-0.15, -0.1) is 0 Å². The molecule has 144 valence electrons. The number of hydrogen-bond acceptors (Lipinski definition) is 6. The van der Waals surface area contributed by atoms with Crippen molar-refractivity contribution in [3.05, 3.63) is 72.9 Å². The number of piperazine rings is 1. The molecule has 0 unspecified atom stereocenters. The number of carbonyl (C=O) groups is 1. The first-order valence-electron chi connectivity index (χ1n) is 9.53. The Morgan fingerprint density at radius 2 is 1.72 bits per heavy atom. The summed E-state index contributed by atoms with van der Waals surface area (Å²) in [5.41, 5.74) is 3.98. The number of nitrogens with zero attached hydrogens (tertiary/aromatic N) is 5. The van der Waals surface area contributed by atoms with E-state index < -0.39 is 0 Å². The van der Waals surface area contributed by atoms with E-state index in [1.165, 1.54) is 6.39 Å². The fourth-order valence-electron chi connectivity index (χ4n) is 3.60. The summed E-state index contributed by atoms with van der Waals surface area (Å²) in [5.74, 6) is 0.900. The lowest BCUT2D eigenvalue weighted by Crippen LogP contribution is -2.49. The molecule has 0 atom stereocenters. The van der Waals surface area contributed by atoms with Gasteiger partial charge in [0.1, 0.15) is 17.7 Å². The lowest BCUT2D eigenvalue weighted by Gasteiger charge is -2.35. The summed E-state index contributed by atoms with van der Waals surface area (Å²) in [6.07, 6.45) is 2.99. The lowest BCUT2D eigenvalue weighted by atomic mass is 10.1. The number of oxazole rings is 1. The number of amides is 1. The molecular weight excluding hydrogens is 366 g/mol. The molecule has 1 aliphatic rings. The van der Waals surface area contributed by atoms with E-state index in [-0.39, 0.29) is 5.91 Å². The first kappa shape index (κ1) is 17.4. The number of aromatic nitrogens is 3. The Kier molecular flexibility index (Phi) is 4.40. The molecule has 0 N–H and O–H groups in total. The van der Waals surface area contributed by atoms with Crippen molar-refractivity contribution >= 4 is 22.8 Å². The van der Waals surface area contributed by atoms with E-state index in [2.05, 4.69) is 19.9 Å². The highest BCUT2D eigenvalue weighted by molar-refractivity contribution is 5.97. The second-order valence-corrected chi connectivity index (χ2v) is 6.94. The van der Waals surface area contributed by atoms with Gasteiger partial charge in [0.15, 0.2) is 12.0 Å². The zero-order valence-electron chi connectivity index (χ0n) is 15.7. The van der Waals surface area contributed by atoms with Crippen molar-refractivity contribution in [1.29, 1.82) is 0 Å². The highest BCUT2D eigenvalue weighted by Gasteiger charge is 2.23. The summed E-state index contributed by atoms with van der Waals surface area (Å²) in [6, 6.07) is 17.4. The van der Waals surface area contributed by atoms with Crippen LogP contribution in [0.15, 0.2) is 71.7 Å². The number of rotatable bonds is 3. The Hall–Kier alpha value is -3.74. The molecular formula is C22H19N5O2. The zero-order valence-corrected chi connectivity index (χ0v) is 15.7. The standard InChI is InChI=1S/C22H19N5O2/c28-22(17-6-7-20-19(12-17)25-15-29-20)27-10-8-26(9-11-27)21-13-18(23-14-24-21)16-4-2-1-3-5-16/h1-7,12-15H,8-11H2. The van der Waals surface area contributed by atoms with Crippen LogP contribution in [0.3, 0.4) is 0 Å². The van der Waals surface area contributed by atoms with Gasteiger partial charge in [-0.05, 0) is 18.2 Å². The van der Waals surface area contributed by atoms with Crippen molar-refractivity contribution in [1.82, 2.24) is 19.9 Å². The minimum atomic E-state index is 0.0159. The maximum Gasteiger partial charge on any atom is 0.254 e. The molecule has 0 radical (unpaired) electrons. The first-order chi connectivity index (χ1) is 14.3. The second-order valence-electron chi connectivity index (χ2n) is 6.94. The lowest BCUT2D eigenvalue weighted by molar-refractivity contribution is 0.0746. The van der Waals surface area contributed by atoms with Gasteiger partial charge >= 0.3 is 0 Å². The molecule has 0 spiro atoms. The highest BCUT2D eigenvalue weighted by Crippen LogP contribution is 2.22. The maximum atomic E-state index is 12.9. The van der Waals surface area contributed by atoms with Gasteiger partial charge in [0.2, 0.25) is 0 Å². The van der Waals surface area contributed by atoms with Crippen LogP contribution < -0.4 is 4.90 Å². The topological polar surface area (TPSA) is 75.4 Å². The molecule has 4 aromatic rings. The molecule has 0 aliphatic carbocycles. The number of fused-ring (bicyclic) bond motifs is 1. The highest BCUT2D eigenvalue weighted by atomic mass is 16.3. The average molecular weight is 385 g/mol. The molecule has 1 amide bonds. The number of anilines is 1. The van der Waals surface area contributed by atoms with Crippen LogP contribution in [0.25, 0.3) is 22.4 Å². The van der Waals surface area contributed by atoms with Crippen LogP contribution in [0.4, 0.5) is 5.82 Å². The number of carbonyl (C=O) groups excluding carboxylic acids is 1. The monoisotopic (exact) mass is 385 g/mol. The molecule has 7 heteroatoms. The van der Waals surface area contributed by atoms with E-state index in [0.29, 0.717) is 29.8 Å². The molecule has 1 fully saturated rings. The minimum absolute atomic E-state index is 0.0159. The normalized spacial score (nSPS) is 14.3. The fourth-order valence-corrected chi connectivity index (χ4v) is 3.60. The van der Waals surface area contributed by atoms with Gasteiger partial charge in [-0.3, -0.25) is 4.79 Å². The molecule has 5 rings (SSSR count). The Balaban J connectivity index is 1.28. The minimum Gasteiger partial charge on any atom is -0.443 e. The third-order valence-electron chi connectivity index (χ3n) is 5.19. The Labute approximate surface area is 167 Å². The molecule has 1 aliphatic heterocycles. The molecule has 0 saturated carbocycles. The molecule has 2 aromatic heterocycles. The molecule has 2 aromatic carbocycles. The van der Waals surface area contributed by atoms with Crippen LogP contribution in [0.2, 0.25) is 0 Å². The van der Waals surface area contributed by atoms with Gasteiger partial charge < -0.3 is 14.2 Å². The van der Waals surface area contributed by atoms with E-state index in [4.69, 9.17) is 4.42 Å². The predicted molar refractivity (Wildman–Crippen MR) is 110 cm³/mol. The van der Waals surface area contributed by atoms with Crippen LogP contribution in [0.1, 0.15) is 10.4 Å². The largest absolute Gasteiger partial charge is 0.443 e. The second kappa shape index (κ2) is 7.35. The van der Waals surface area contributed by atoms with Gasteiger partial charge in [-0.1, -0.05) is 30.3 Å². The van der Waals surface area contributed by atoms with Gasteiger partial charge in [0.05, 0.1) is 5.69 Å². The van der Waals surface area contributed by atoms with E-state index in [0.717, 1.165) is 30.2 Å². The van der Waals surface area contributed by atoms with E-state index in [9.17, 15) is 4.79 Å². The van der Waals surface area contributed by atoms with Gasteiger partial charge in [-0.2, -0.15) is 0 Å². The van der Waals surface area contributed by atoms with Crippen molar-refractivity contribution in [2.75, 3.05) is 31.1 Å². The quantitative estimate of drug-likeness (QED) is 0.539. The third kappa shape index (κ3) is 3.42. The SMILES string of the molecule is O=C(c1ccc2ocnc2c1)N1CCN(c2cc(-c3ccccc3)ncn2)CC1. The molecule has 29 heavy (non-hydrogen) atoms. The Morgan fingerprint density at radius 1 is 0.897 bits per heavy atom. The maximum absolute atomic E-state index is 12.9. The van der Waals surface area contributed by atoms with E-state index in [1.807, 2.05) is 41.3 Å². The third-order valence-corrected chi connectivity index (χ3v) is 5.19. The number of hydrogen-bond donors (Lipinski definition) is 0. The summed E-state index contributed by atoms with van der Waals surface area (Å²) in [7, 11) is 0. The average Bonchev–Trinajstić information content (AvgIpc) is 3.27. The van der Waals surface area contributed by atoms with Crippen molar-refractivity contribution in [3.63, 3.8) is 0 Å². The van der Waals surface area contributed by atoms with Gasteiger partial charge in [-0.25, -0.2) is 15.0 Å². The van der Waals surface area contributed by atoms with Crippen molar-refractivity contribution < 1.29 is 9.21 Å². The Bertz CT molecular complexity index is 1150. The summed E-state index contributed by atoms with van der Waals surface area (Å²) in [4.78, 5) is 29.9. The smallest absolute Gasteiger partial charge is 0.254 e. The van der Waals surface area contributed by atoms with Gasteiger partial charge in [0, 0.05) is 43.4 Å². The summed E-state index contributed by atoms with van der Waals surface area (Å²) in [5, 5.41) is 0. The summed E-state index contributed by atoms with van der Waals surface area (Å²) >= 11 is 0. The molecule has 7 nitrogen and oxygen atoms in total. The summed E-state index contributed by atoms with van der Waals surface area (Å²) < 4.78 is 5.25. The zero-order chi connectivity index (χ0) is 19.6. The van der Waals surface area contributed by atoms with E-state index >= 15 is 0 Å². The van der Waals surface area contributed by atoms with E-state index in [1.54, 1.807) is 24.5 Å². The molecule has 1 saturated heterocycles. The predicted octanol–water partition coefficient (Wildman–Crippen LogP) is 3.25. The van der Waals surface area contributed by atoms with Crippen LogP contribution in [-0.2, 0) is 0 Å². The van der Waals surface area contributed by atoms with Crippen molar-refractivity contribution in [2.24, 2.45) is 0 Å². The van der Waals surface area contributed by atoms with Crippen LogP contribution >= 0.6 is 0 Å². The number of benzene rings is 2. The first-order valence-corrected chi connectivity index (χ1v) is 9.53. The summed E-state index contributed by atoms with van der Waals surface area (Å²) in [6.45, 7) is 2.73. The van der Waals surface area contributed by atoms with Crippen LogP contribution in [0.5, 0.6) is 0 Å². The van der Waals surface area contributed by atoms with Crippen molar-refractivity contribution in [2.45, 2.75) is 0 Å².